The Kier molecular flexibility index (Phi) is 5.90. The Labute approximate surface area is 158 Å². The summed E-state index contributed by atoms with van der Waals surface area (Å²) in [5, 5.41) is 12.7. The molecule has 142 valence electrons. The summed E-state index contributed by atoms with van der Waals surface area (Å²) in [7, 11) is 0. The molecule has 1 aliphatic rings. The van der Waals surface area contributed by atoms with Crippen molar-refractivity contribution < 1.29 is 19.1 Å². The van der Waals surface area contributed by atoms with E-state index in [0.717, 1.165) is 18.4 Å². The number of hydrogen-bond donors (Lipinski definition) is 1. The molecule has 1 fully saturated rings. The molecule has 7 nitrogen and oxygen atoms in total. The maximum atomic E-state index is 9.23. The molecule has 2 heterocycles. The lowest BCUT2D eigenvalue weighted by atomic mass is 9.78. The monoisotopic (exact) mass is 369 g/mol. The van der Waals surface area contributed by atoms with Gasteiger partial charge in [-0.2, -0.15) is 0 Å². The van der Waals surface area contributed by atoms with Crippen LogP contribution in [0, 0.1) is 0 Å². The molecule has 1 aliphatic carbocycles. The quantitative estimate of drug-likeness (QED) is 0.428. The van der Waals surface area contributed by atoms with Gasteiger partial charge >= 0.3 is 0 Å². The molecule has 1 saturated carbocycles. The van der Waals surface area contributed by atoms with E-state index in [1.165, 1.54) is 11.6 Å². The summed E-state index contributed by atoms with van der Waals surface area (Å²) in [5.41, 5.74) is 1.98. The third-order valence-corrected chi connectivity index (χ3v) is 4.42. The number of ether oxygens (including phenoxy) is 2. The number of aromatic nitrogens is 2. The smallest absolute Gasteiger partial charge is 0.252 e. The molecule has 0 spiro atoms. The van der Waals surface area contributed by atoms with Crippen molar-refractivity contribution in [3.05, 3.63) is 53.8 Å². The average Bonchev–Trinajstić information content (AvgIpc) is 3.08. The topological polar surface area (TPSA) is 90.0 Å². The van der Waals surface area contributed by atoms with Crippen molar-refractivity contribution in [1.29, 1.82) is 0 Å². The van der Waals surface area contributed by atoms with E-state index < -0.39 is 0 Å². The Balaban J connectivity index is 1.53. The van der Waals surface area contributed by atoms with Gasteiger partial charge in [-0.25, -0.2) is 9.98 Å². The molecule has 0 atom stereocenters. The van der Waals surface area contributed by atoms with Crippen LogP contribution in [0.25, 0.3) is 5.57 Å². The first-order valence-corrected chi connectivity index (χ1v) is 8.85. The molecule has 7 heteroatoms. The molecule has 27 heavy (non-hydrogen) atoms. The molecule has 0 amide bonds. The lowest BCUT2D eigenvalue weighted by molar-refractivity contribution is 0.0355. The lowest BCUT2D eigenvalue weighted by Gasteiger charge is -2.35. The van der Waals surface area contributed by atoms with Gasteiger partial charge in [0.2, 0.25) is 11.8 Å². The number of hydrogen-bond acceptors (Lipinski definition) is 7. The van der Waals surface area contributed by atoms with Gasteiger partial charge < -0.3 is 19.1 Å². The number of rotatable bonds is 8. The predicted molar refractivity (Wildman–Crippen MR) is 102 cm³/mol. The second kappa shape index (κ2) is 8.53. The number of pyridine rings is 1. The van der Waals surface area contributed by atoms with Crippen molar-refractivity contribution in [3.8, 4) is 11.8 Å². The summed E-state index contributed by atoms with van der Waals surface area (Å²) in [4.78, 5) is 8.24. The Morgan fingerprint density at radius 3 is 2.81 bits per heavy atom. The van der Waals surface area contributed by atoms with Crippen LogP contribution in [-0.4, -0.2) is 34.7 Å². The normalized spacial score (nSPS) is 20.1. The van der Waals surface area contributed by atoms with E-state index in [1.807, 2.05) is 26.1 Å². The van der Waals surface area contributed by atoms with Gasteiger partial charge in [-0.15, -0.1) is 0 Å². The minimum absolute atomic E-state index is 0.0985. The summed E-state index contributed by atoms with van der Waals surface area (Å²) in [6, 6.07) is 5.40. The van der Waals surface area contributed by atoms with Crippen LogP contribution < -0.4 is 4.74 Å². The Morgan fingerprint density at radius 1 is 1.41 bits per heavy atom. The van der Waals surface area contributed by atoms with Crippen molar-refractivity contribution in [2.45, 2.75) is 38.7 Å². The molecule has 2 aromatic rings. The zero-order valence-corrected chi connectivity index (χ0v) is 15.5. The summed E-state index contributed by atoms with van der Waals surface area (Å²) in [5.74, 6) is 1.87. The van der Waals surface area contributed by atoms with Crippen LogP contribution in [0.4, 0.5) is 0 Å². The van der Waals surface area contributed by atoms with E-state index in [0.29, 0.717) is 30.0 Å². The molecular weight excluding hydrogens is 346 g/mol. The maximum absolute atomic E-state index is 9.23. The fourth-order valence-corrected chi connectivity index (χ4v) is 2.83. The highest BCUT2D eigenvalue weighted by molar-refractivity contribution is 5.61. The van der Waals surface area contributed by atoms with Gasteiger partial charge in [0.15, 0.2) is 5.76 Å². The zero-order chi connectivity index (χ0) is 19.2. The molecule has 0 aromatic carbocycles. The summed E-state index contributed by atoms with van der Waals surface area (Å²) in [6.45, 7) is 7.95. The minimum Gasteiger partial charge on any atom is -0.491 e. The Hall–Kier alpha value is -3.09. The van der Waals surface area contributed by atoms with Gasteiger partial charge in [-0.3, -0.25) is 0 Å². The SMILES string of the molecule is C=N/C(=C\C=C(/C)c1cc(O)no1)O[C@H]1C[C@@H](c2ccc(OCC)nc2)C1. The summed E-state index contributed by atoms with van der Waals surface area (Å²) in [6.07, 6.45) is 7.29. The predicted octanol–water partition coefficient (Wildman–Crippen LogP) is 4.08. The average molecular weight is 369 g/mol. The minimum atomic E-state index is -0.149. The highest BCUT2D eigenvalue weighted by Crippen LogP contribution is 2.39. The largest absolute Gasteiger partial charge is 0.491 e. The molecule has 1 N–H and O–H groups in total. The third kappa shape index (κ3) is 4.75. The molecule has 0 unspecified atom stereocenters. The first-order valence-electron chi connectivity index (χ1n) is 8.85. The van der Waals surface area contributed by atoms with Crippen molar-refractivity contribution >= 4 is 12.3 Å². The standard InChI is InChI=1S/C20H23N3O4/c1-4-25-20-8-6-14(12-22-20)15-9-16(10-15)26-19(21-3)7-5-13(2)17-11-18(24)23-27-17/h5-8,11-12,15-16H,3-4,9-10H2,1-2H3,(H,23,24)/b13-5+,19-7+/t15-,16+. The summed E-state index contributed by atoms with van der Waals surface area (Å²) >= 11 is 0. The second-order valence-electron chi connectivity index (χ2n) is 6.33. The van der Waals surface area contributed by atoms with E-state index in [-0.39, 0.29) is 12.0 Å². The number of aromatic hydroxyl groups is 1. The van der Waals surface area contributed by atoms with Crippen LogP contribution in [-0.2, 0) is 4.74 Å². The van der Waals surface area contributed by atoms with E-state index in [9.17, 15) is 5.11 Å². The second-order valence-corrected chi connectivity index (χ2v) is 6.33. The zero-order valence-electron chi connectivity index (χ0n) is 15.5. The first kappa shape index (κ1) is 18.7. The Morgan fingerprint density at radius 2 is 2.22 bits per heavy atom. The fourth-order valence-electron chi connectivity index (χ4n) is 2.83. The van der Waals surface area contributed by atoms with Crippen LogP contribution in [0.3, 0.4) is 0 Å². The third-order valence-electron chi connectivity index (χ3n) is 4.42. The van der Waals surface area contributed by atoms with Gasteiger partial charge in [0, 0.05) is 24.4 Å². The molecular formula is C20H23N3O4. The summed E-state index contributed by atoms with van der Waals surface area (Å²) < 4.78 is 16.2. The number of allylic oxidation sites excluding steroid dienone is 3. The van der Waals surface area contributed by atoms with Crippen LogP contribution in [0.15, 0.2) is 51.9 Å². The Bertz CT molecular complexity index is 833. The number of aliphatic imine (C=N–C) groups is 1. The van der Waals surface area contributed by atoms with Gasteiger partial charge in [0.05, 0.1) is 6.61 Å². The molecule has 0 bridgehead atoms. The first-order chi connectivity index (χ1) is 13.1. The van der Waals surface area contributed by atoms with Crippen LogP contribution in [0.5, 0.6) is 11.8 Å². The molecule has 2 aromatic heterocycles. The van der Waals surface area contributed by atoms with Crippen molar-refractivity contribution in [2.24, 2.45) is 4.99 Å². The molecule has 0 saturated heterocycles. The molecule has 0 radical (unpaired) electrons. The van der Waals surface area contributed by atoms with E-state index in [1.54, 1.807) is 12.2 Å². The van der Waals surface area contributed by atoms with Crippen molar-refractivity contribution in [2.75, 3.05) is 6.61 Å². The van der Waals surface area contributed by atoms with Gasteiger partial charge in [-0.1, -0.05) is 12.1 Å². The molecule has 0 aliphatic heterocycles. The highest BCUT2D eigenvalue weighted by Gasteiger charge is 2.32. The van der Waals surface area contributed by atoms with Crippen LogP contribution >= 0.6 is 0 Å². The van der Waals surface area contributed by atoms with Crippen molar-refractivity contribution in [3.63, 3.8) is 0 Å². The highest BCUT2D eigenvalue weighted by atomic mass is 16.5. The van der Waals surface area contributed by atoms with Gasteiger partial charge in [0.1, 0.15) is 6.10 Å². The van der Waals surface area contributed by atoms with E-state index in [4.69, 9.17) is 14.0 Å². The number of nitrogens with zero attached hydrogens (tertiary/aromatic N) is 3. The van der Waals surface area contributed by atoms with E-state index in [2.05, 4.69) is 27.9 Å². The van der Waals surface area contributed by atoms with Gasteiger partial charge in [0.25, 0.3) is 5.88 Å². The maximum Gasteiger partial charge on any atom is 0.252 e. The van der Waals surface area contributed by atoms with E-state index >= 15 is 0 Å². The van der Waals surface area contributed by atoms with Crippen LogP contribution in [0.2, 0.25) is 0 Å². The fraction of sp³-hybridized carbons (Fsp3) is 0.350. The molecule has 3 rings (SSSR count). The van der Waals surface area contributed by atoms with Gasteiger partial charge in [-0.05, 0) is 55.6 Å². The van der Waals surface area contributed by atoms with Crippen LogP contribution in [0.1, 0.15) is 43.9 Å². The van der Waals surface area contributed by atoms with Crippen molar-refractivity contribution in [1.82, 2.24) is 10.1 Å². The lowest BCUT2D eigenvalue weighted by Crippen LogP contribution is -2.29.